The number of aliphatic carboxylic acids is 1. The van der Waals surface area contributed by atoms with Crippen LogP contribution in [-0.2, 0) is 4.79 Å². The van der Waals surface area contributed by atoms with Crippen LogP contribution in [0.3, 0.4) is 0 Å². The highest BCUT2D eigenvalue weighted by atomic mass is 79.9. The van der Waals surface area contributed by atoms with Gasteiger partial charge in [0.15, 0.2) is 6.04 Å². The smallest absolute Gasteiger partial charge is 0.330 e. The van der Waals surface area contributed by atoms with E-state index in [0.29, 0.717) is 15.2 Å². The van der Waals surface area contributed by atoms with Crippen LogP contribution in [0.25, 0.3) is 0 Å². The topological polar surface area (TPSA) is 49.3 Å². The van der Waals surface area contributed by atoms with Gasteiger partial charge in [0.1, 0.15) is 5.82 Å². The molecule has 21 heavy (non-hydrogen) atoms. The highest BCUT2D eigenvalue weighted by Crippen LogP contribution is 2.31. The van der Waals surface area contributed by atoms with Gasteiger partial charge in [-0.3, -0.25) is 0 Å². The fraction of sp³-hybridized carbons (Fsp3) is 0.0714. The minimum Gasteiger partial charge on any atom is -0.479 e. The van der Waals surface area contributed by atoms with Crippen LogP contribution in [-0.4, -0.2) is 11.1 Å². The van der Waals surface area contributed by atoms with Gasteiger partial charge in [0.25, 0.3) is 0 Å². The highest BCUT2D eigenvalue weighted by molar-refractivity contribution is 9.10. The van der Waals surface area contributed by atoms with Crippen molar-refractivity contribution in [1.29, 1.82) is 0 Å². The molecule has 0 saturated carbocycles. The summed E-state index contributed by atoms with van der Waals surface area (Å²) in [5.41, 5.74) is 0.357. The summed E-state index contributed by atoms with van der Waals surface area (Å²) in [6.45, 7) is 0. The molecule has 2 aromatic rings. The molecule has 1 unspecified atom stereocenters. The van der Waals surface area contributed by atoms with Gasteiger partial charge in [0, 0.05) is 20.7 Å². The van der Waals surface area contributed by atoms with Crippen LogP contribution in [0.5, 0.6) is 0 Å². The molecule has 1 atom stereocenters. The fourth-order valence-electron chi connectivity index (χ4n) is 1.80. The average Bonchev–Trinajstić information content (AvgIpc) is 2.41. The highest BCUT2D eigenvalue weighted by Gasteiger charge is 2.25. The minimum absolute atomic E-state index is 0.0444. The van der Waals surface area contributed by atoms with Gasteiger partial charge in [-0.05, 0) is 46.3 Å². The number of hydrogen-bond acceptors (Lipinski definition) is 2. The third kappa shape index (κ3) is 3.67. The van der Waals surface area contributed by atoms with Gasteiger partial charge in [0.2, 0.25) is 0 Å². The molecule has 0 aliphatic heterocycles. The lowest BCUT2D eigenvalue weighted by Crippen LogP contribution is -2.22. The van der Waals surface area contributed by atoms with Gasteiger partial charge in [-0.15, -0.1) is 0 Å². The Kier molecular flexibility index (Phi) is 5.08. The van der Waals surface area contributed by atoms with E-state index in [4.69, 9.17) is 23.2 Å². The first-order chi connectivity index (χ1) is 9.90. The lowest BCUT2D eigenvalue weighted by molar-refractivity contribution is -0.138. The Morgan fingerprint density at radius 1 is 1.24 bits per heavy atom. The van der Waals surface area contributed by atoms with Gasteiger partial charge in [-0.1, -0.05) is 29.3 Å². The van der Waals surface area contributed by atoms with Crippen molar-refractivity contribution in [2.75, 3.05) is 5.32 Å². The molecule has 0 fully saturated rings. The molecule has 2 N–H and O–H groups in total. The Bertz CT molecular complexity index is 676. The summed E-state index contributed by atoms with van der Waals surface area (Å²) < 4.78 is 14.5. The Morgan fingerprint density at radius 2 is 1.95 bits per heavy atom. The maximum absolute atomic E-state index is 13.9. The van der Waals surface area contributed by atoms with Crippen molar-refractivity contribution in [3.05, 3.63) is 62.3 Å². The first kappa shape index (κ1) is 16.1. The molecule has 2 aromatic carbocycles. The molecule has 0 radical (unpaired) electrons. The Hall–Kier alpha value is -1.30. The van der Waals surface area contributed by atoms with Crippen molar-refractivity contribution in [2.24, 2.45) is 0 Å². The fourth-order valence-corrected chi connectivity index (χ4v) is 2.56. The average molecular weight is 393 g/mol. The number of benzene rings is 2. The third-order valence-electron chi connectivity index (χ3n) is 2.77. The summed E-state index contributed by atoms with van der Waals surface area (Å²) in [5, 5.41) is 12.6. The zero-order chi connectivity index (χ0) is 15.6. The van der Waals surface area contributed by atoms with E-state index >= 15 is 0 Å². The van der Waals surface area contributed by atoms with Crippen LogP contribution < -0.4 is 5.32 Å². The quantitative estimate of drug-likeness (QED) is 0.757. The molecule has 0 spiro atoms. The molecule has 0 bridgehead atoms. The molecule has 7 heteroatoms. The van der Waals surface area contributed by atoms with Gasteiger partial charge >= 0.3 is 5.97 Å². The van der Waals surface area contributed by atoms with Crippen LogP contribution in [0.4, 0.5) is 10.1 Å². The van der Waals surface area contributed by atoms with E-state index in [1.807, 2.05) is 0 Å². The van der Waals surface area contributed by atoms with Crippen LogP contribution in [0.2, 0.25) is 10.0 Å². The van der Waals surface area contributed by atoms with Gasteiger partial charge < -0.3 is 10.4 Å². The summed E-state index contributed by atoms with van der Waals surface area (Å²) in [7, 11) is 0. The van der Waals surface area contributed by atoms with Gasteiger partial charge in [0.05, 0.1) is 5.02 Å². The molecule has 0 heterocycles. The second-order valence-electron chi connectivity index (χ2n) is 4.18. The molecule has 0 aliphatic rings. The van der Waals surface area contributed by atoms with E-state index in [2.05, 4.69) is 21.2 Å². The largest absolute Gasteiger partial charge is 0.479 e. The lowest BCUT2D eigenvalue weighted by atomic mass is 10.1. The van der Waals surface area contributed by atoms with E-state index in [9.17, 15) is 14.3 Å². The molecule has 2 rings (SSSR count). The number of carbonyl (C=O) groups is 1. The van der Waals surface area contributed by atoms with Crippen molar-refractivity contribution >= 4 is 50.8 Å². The summed E-state index contributed by atoms with van der Waals surface area (Å²) in [5.74, 6) is -1.93. The van der Waals surface area contributed by atoms with E-state index < -0.39 is 17.8 Å². The lowest BCUT2D eigenvalue weighted by Gasteiger charge is -2.18. The Balaban J connectivity index is 2.40. The predicted octanol–water partition coefficient (Wildman–Crippen LogP) is 5.13. The van der Waals surface area contributed by atoms with Crippen LogP contribution in [0, 0.1) is 5.82 Å². The number of carboxylic acids is 1. The van der Waals surface area contributed by atoms with Gasteiger partial charge in [-0.25, -0.2) is 9.18 Å². The summed E-state index contributed by atoms with van der Waals surface area (Å²) >= 11 is 15.0. The van der Waals surface area contributed by atoms with Crippen molar-refractivity contribution in [2.45, 2.75) is 6.04 Å². The zero-order valence-electron chi connectivity index (χ0n) is 10.4. The molecular formula is C14H9BrCl2FNO2. The number of halogens is 4. The van der Waals surface area contributed by atoms with Crippen molar-refractivity contribution in [1.82, 2.24) is 0 Å². The van der Waals surface area contributed by atoms with E-state index in [1.165, 1.54) is 12.1 Å². The third-order valence-corrected chi connectivity index (χ3v) is 4.31. The second kappa shape index (κ2) is 6.64. The number of carboxylic acid groups (broad SMARTS) is 1. The predicted molar refractivity (Wildman–Crippen MR) is 84.6 cm³/mol. The maximum atomic E-state index is 13.9. The molecular weight excluding hydrogens is 384 g/mol. The summed E-state index contributed by atoms with van der Waals surface area (Å²) in [4.78, 5) is 11.4. The van der Waals surface area contributed by atoms with Crippen LogP contribution >= 0.6 is 39.1 Å². The Labute approximate surface area is 138 Å². The first-order valence-electron chi connectivity index (χ1n) is 5.78. The first-order valence-corrected chi connectivity index (χ1v) is 7.33. The van der Waals surface area contributed by atoms with Crippen molar-refractivity contribution in [3.8, 4) is 0 Å². The molecule has 0 aromatic heterocycles. The maximum Gasteiger partial charge on any atom is 0.330 e. The molecule has 0 aliphatic carbocycles. The number of rotatable bonds is 4. The van der Waals surface area contributed by atoms with E-state index in [1.54, 1.807) is 18.2 Å². The summed E-state index contributed by atoms with van der Waals surface area (Å²) in [6.07, 6.45) is 0. The summed E-state index contributed by atoms with van der Waals surface area (Å²) in [6, 6.07) is 7.50. The number of anilines is 1. The zero-order valence-corrected chi connectivity index (χ0v) is 13.5. The number of nitrogens with one attached hydrogen (secondary N) is 1. The molecule has 0 saturated heterocycles. The minimum atomic E-state index is -1.31. The van der Waals surface area contributed by atoms with E-state index in [-0.39, 0.29) is 10.6 Å². The van der Waals surface area contributed by atoms with Gasteiger partial charge in [-0.2, -0.15) is 0 Å². The Morgan fingerprint density at radius 3 is 2.52 bits per heavy atom. The molecule has 3 nitrogen and oxygen atoms in total. The molecule has 110 valence electrons. The van der Waals surface area contributed by atoms with Crippen LogP contribution in [0.1, 0.15) is 11.6 Å². The standard InChI is InChI=1S/C14H9BrCl2FNO2/c15-8-6-7(4-5-9(8)16)19-13(14(20)21)12-10(17)2-1-3-11(12)18/h1-6,13,19H,(H,20,21). The van der Waals surface area contributed by atoms with E-state index in [0.717, 1.165) is 6.07 Å². The monoisotopic (exact) mass is 391 g/mol. The normalized spacial score (nSPS) is 12.0. The molecule has 0 amide bonds. The second-order valence-corrected chi connectivity index (χ2v) is 5.85. The number of hydrogen-bond donors (Lipinski definition) is 2. The van der Waals surface area contributed by atoms with Crippen LogP contribution in [0.15, 0.2) is 40.9 Å². The van der Waals surface area contributed by atoms with Crippen molar-refractivity contribution in [3.63, 3.8) is 0 Å². The van der Waals surface area contributed by atoms with Crippen molar-refractivity contribution < 1.29 is 14.3 Å². The SMILES string of the molecule is O=C(O)C(Nc1ccc(Cl)c(Br)c1)c1c(F)cccc1Cl.